The van der Waals surface area contributed by atoms with Gasteiger partial charge < -0.3 is 14.9 Å². The summed E-state index contributed by atoms with van der Waals surface area (Å²) in [6, 6.07) is 8.03. The summed E-state index contributed by atoms with van der Waals surface area (Å²) in [5, 5.41) is 30.7. The van der Waals surface area contributed by atoms with Crippen LogP contribution in [0.3, 0.4) is 0 Å². The number of ether oxygens (including phenoxy) is 1. The van der Waals surface area contributed by atoms with E-state index in [0.717, 1.165) is 23.9 Å². The number of likely N-dealkylation sites (N-methyl/N-ethyl adjacent to an activating group) is 1. The zero-order valence-corrected chi connectivity index (χ0v) is 16.5. The van der Waals surface area contributed by atoms with E-state index in [0.29, 0.717) is 10.9 Å². The quantitative estimate of drug-likeness (QED) is 0.419. The van der Waals surface area contributed by atoms with Crippen molar-refractivity contribution in [1.29, 1.82) is 0 Å². The Morgan fingerprint density at radius 1 is 1.30 bits per heavy atom. The molecule has 2 aromatic carbocycles. The molecule has 1 heterocycles. The third-order valence-corrected chi connectivity index (χ3v) is 5.21. The van der Waals surface area contributed by atoms with E-state index in [1.165, 1.54) is 49.4 Å². The normalized spacial score (nSPS) is 16.3. The van der Waals surface area contributed by atoms with E-state index in [4.69, 9.17) is 9.84 Å². The molecule has 0 bridgehead atoms. The Balaban J connectivity index is 1.96. The fourth-order valence-electron chi connectivity index (χ4n) is 2.57. The molecule has 0 aromatic heterocycles. The lowest BCUT2D eigenvalue weighted by atomic mass is 10.1. The van der Waals surface area contributed by atoms with Gasteiger partial charge in [-0.05, 0) is 42.1 Å². The summed E-state index contributed by atoms with van der Waals surface area (Å²) in [6.45, 7) is 0. The maximum atomic E-state index is 12.6. The van der Waals surface area contributed by atoms with Crippen LogP contribution < -0.4 is 4.74 Å². The third-order valence-electron chi connectivity index (χ3n) is 4.15. The molecule has 10 nitrogen and oxygen atoms in total. The summed E-state index contributed by atoms with van der Waals surface area (Å²) in [5.41, 5.74) is 0.312. The lowest BCUT2D eigenvalue weighted by molar-refractivity contribution is -0.385. The zero-order valence-electron chi connectivity index (χ0n) is 15.7. The monoisotopic (exact) mass is 429 g/mol. The van der Waals surface area contributed by atoms with Crippen LogP contribution in [0.4, 0.5) is 11.4 Å². The average molecular weight is 429 g/mol. The molecule has 2 N–H and O–H groups in total. The first-order chi connectivity index (χ1) is 14.2. The molecule has 30 heavy (non-hydrogen) atoms. The smallest absolute Gasteiger partial charge is 0.335 e. The van der Waals surface area contributed by atoms with Crippen molar-refractivity contribution >= 4 is 46.3 Å². The van der Waals surface area contributed by atoms with Gasteiger partial charge in [-0.3, -0.25) is 19.8 Å². The van der Waals surface area contributed by atoms with Gasteiger partial charge in [0.05, 0.1) is 34.3 Å². The lowest BCUT2D eigenvalue weighted by Gasteiger charge is -2.07. The molecule has 1 saturated heterocycles. The highest BCUT2D eigenvalue weighted by molar-refractivity contribution is 8.18. The minimum atomic E-state index is -1.06. The maximum Gasteiger partial charge on any atom is 0.335 e. The number of non-ortho nitro benzene ring substituents is 1. The van der Waals surface area contributed by atoms with Crippen molar-refractivity contribution in [1.82, 2.24) is 4.90 Å². The van der Waals surface area contributed by atoms with Gasteiger partial charge in [-0.1, -0.05) is 0 Å². The Labute approximate surface area is 174 Å². The summed E-state index contributed by atoms with van der Waals surface area (Å²) >= 11 is 1.01. The molecular weight excluding hydrogens is 414 g/mol. The number of thioether (sulfide) groups is 1. The molecule has 0 saturated carbocycles. The summed E-state index contributed by atoms with van der Waals surface area (Å²) in [4.78, 5) is 39.8. The number of nitro benzene ring substituents is 1. The Kier molecular flexibility index (Phi) is 5.74. The molecule has 1 fully saturated rings. The van der Waals surface area contributed by atoms with Gasteiger partial charge in [0.15, 0.2) is 16.7 Å². The van der Waals surface area contributed by atoms with Crippen molar-refractivity contribution in [2.75, 3.05) is 14.2 Å². The van der Waals surface area contributed by atoms with Crippen LogP contribution in [-0.4, -0.2) is 51.2 Å². The highest BCUT2D eigenvalue weighted by Crippen LogP contribution is 2.39. The molecule has 1 aliphatic heterocycles. The number of hydrogen-bond donors (Lipinski definition) is 2. The number of rotatable bonds is 5. The summed E-state index contributed by atoms with van der Waals surface area (Å²) in [6.07, 6.45) is 1.32. The molecule has 0 radical (unpaired) electrons. The van der Waals surface area contributed by atoms with E-state index in [9.17, 15) is 24.8 Å². The van der Waals surface area contributed by atoms with Crippen LogP contribution in [-0.2, 0) is 4.79 Å². The third kappa shape index (κ3) is 4.10. The number of benzene rings is 2. The molecule has 11 heteroatoms. The number of aliphatic imine (C=N–C) groups is 1. The Morgan fingerprint density at radius 3 is 2.53 bits per heavy atom. The van der Waals surface area contributed by atoms with Gasteiger partial charge in [-0.2, -0.15) is 0 Å². The molecule has 0 atom stereocenters. The number of nitrogens with zero attached hydrogens (tertiary/aromatic N) is 3. The van der Waals surface area contributed by atoms with E-state index in [1.807, 2.05) is 0 Å². The lowest BCUT2D eigenvalue weighted by Crippen LogP contribution is -2.23. The van der Waals surface area contributed by atoms with Crippen molar-refractivity contribution in [3.63, 3.8) is 0 Å². The zero-order chi connectivity index (χ0) is 22.0. The Morgan fingerprint density at radius 2 is 1.97 bits per heavy atom. The van der Waals surface area contributed by atoms with E-state index < -0.39 is 16.8 Å². The number of aromatic hydroxyl groups is 1. The van der Waals surface area contributed by atoms with Gasteiger partial charge in [0, 0.05) is 18.7 Å². The van der Waals surface area contributed by atoms with E-state index in [2.05, 4.69) is 4.99 Å². The van der Waals surface area contributed by atoms with E-state index >= 15 is 0 Å². The predicted octanol–water partition coefficient (Wildman–Crippen LogP) is 3.24. The van der Waals surface area contributed by atoms with Crippen LogP contribution in [0.5, 0.6) is 11.5 Å². The number of amides is 1. The highest BCUT2D eigenvalue weighted by Gasteiger charge is 2.31. The highest BCUT2D eigenvalue weighted by atomic mass is 32.2. The second-order valence-electron chi connectivity index (χ2n) is 6.06. The second-order valence-corrected chi connectivity index (χ2v) is 7.07. The molecule has 0 aliphatic carbocycles. The molecule has 1 aliphatic rings. The van der Waals surface area contributed by atoms with Crippen LogP contribution in [0.25, 0.3) is 6.08 Å². The number of methoxy groups -OCH3 is 1. The van der Waals surface area contributed by atoms with Gasteiger partial charge >= 0.3 is 5.97 Å². The predicted molar refractivity (Wildman–Crippen MR) is 110 cm³/mol. The number of carbonyl (C=O) groups is 2. The molecule has 1 amide bonds. The minimum absolute atomic E-state index is 0.0531. The van der Waals surface area contributed by atoms with Crippen molar-refractivity contribution in [2.45, 2.75) is 0 Å². The minimum Gasteiger partial charge on any atom is -0.504 e. The number of hydrogen-bond acceptors (Lipinski definition) is 8. The van der Waals surface area contributed by atoms with Crippen LogP contribution in [0.15, 0.2) is 46.3 Å². The van der Waals surface area contributed by atoms with Crippen LogP contribution >= 0.6 is 11.8 Å². The van der Waals surface area contributed by atoms with Crippen LogP contribution in [0.2, 0.25) is 0 Å². The average Bonchev–Trinajstić information content (AvgIpc) is 2.97. The number of amidine groups is 1. The van der Waals surface area contributed by atoms with Gasteiger partial charge in [0.2, 0.25) is 0 Å². The molecule has 2 aromatic rings. The number of carboxylic acid groups (broad SMARTS) is 1. The molecule has 0 unspecified atom stereocenters. The fraction of sp³-hybridized carbons (Fsp3) is 0.105. The topological polar surface area (TPSA) is 143 Å². The van der Waals surface area contributed by atoms with Crippen molar-refractivity contribution in [2.24, 2.45) is 4.99 Å². The van der Waals surface area contributed by atoms with Crippen molar-refractivity contribution in [3.8, 4) is 11.5 Å². The number of phenolic OH excluding ortho intramolecular Hbond substituents is 1. The summed E-state index contributed by atoms with van der Waals surface area (Å²) < 4.78 is 4.96. The summed E-state index contributed by atoms with van der Waals surface area (Å²) in [7, 11) is 2.77. The standard InChI is InChI=1S/C19H15N3O7S/c1-21-17(24)15(8-11-7-13(22(27)28)9-14(29-2)16(11)23)30-19(21)20-12-5-3-10(4-6-12)18(25)26/h3-9,23H,1-2H3,(H,25,26). The first-order valence-corrected chi connectivity index (χ1v) is 9.18. The Bertz CT molecular complexity index is 1110. The maximum absolute atomic E-state index is 12.6. The Hall–Kier alpha value is -3.86. The fourth-order valence-corrected chi connectivity index (χ4v) is 3.54. The number of nitro groups is 1. The number of carbonyl (C=O) groups excluding carboxylic acids is 1. The van der Waals surface area contributed by atoms with Crippen LogP contribution in [0, 0.1) is 10.1 Å². The molecule has 154 valence electrons. The first-order valence-electron chi connectivity index (χ1n) is 8.36. The van der Waals surface area contributed by atoms with Crippen LogP contribution in [0.1, 0.15) is 15.9 Å². The van der Waals surface area contributed by atoms with Gasteiger partial charge in [0.1, 0.15) is 0 Å². The number of phenols is 1. The summed E-state index contributed by atoms with van der Waals surface area (Å²) in [5.74, 6) is -1.89. The molecule has 0 spiro atoms. The molecule has 3 rings (SSSR count). The van der Waals surface area contributed by atoms with Gasteiger partial charge in [-0.15, -0.1) is 0 Å². The van der Waals surface area contributed by atoms with E-state index in [1.54, 1.807) is 0 Å². The SMILES string of the molecule is COc1cc([N+](=O)[O-])cc(C=C2SC(=Nc3ccc(C(=O)O)cc3)N(C)C2=O)c1O. The number of aromatic carboxylic acids is 1. The van der Waals surface area contributed by atoms with Crippen molar-refractivity contribution < 1.29 is 29.5 Å². The van der Waals surface area contributed by atoms with Gasteiger partial charge in [-0.25, -0.2) is 9.79 Å². The van der Waals surface area contributed by atoms with Crippen molar-refractivity contribution in [3.05, 3.63) is 62.5 Å². The van der Waals surface area contributed by atoms with E-state index in [-0.39, 0.29) is 33.2 Å². The van der Waals surface area contributed by atoms with Gasteiger partial charge in [0.25, 0.3) is 11.6 Å². The largest absolute Gasteiger partial charge is 0.504 e. The molecular formula is C19H15N3O7S. The second kappa shape index (κ2) is 8.25. The first kappa shape index (κ1) is 20.9. The number of carboxylic acids is 1.